The number of rotatable bonds is 4. The van der Waals surface area contributed by atoms with Crippen LogP contribution in [0.15, 0.2) is 48.8 Å². The van der Waals surface area contributed by atoms with Crippen LogP contribution in [0.1, 0.15) is 40.5 Å². The van der Waals surface area contributed by atoms with Crippen molar-refractivity contribution >= 4 is 0 Å². The van der Waals surface area contributed by atoms with E-state index in [9.17, 15) is 0 Å². The largest absolute Gasteiger partial charge is 0.473 e. The number of ether oxygens (including phenoxy) is 1. The van der Waals surface area contributed by atoms with Gasteiger partial charge in [0.1, 0.15) is 6.10 Å². The van der Waals surface area contributed by atoms with Crippen molar-refractivity contribution in [2.75, 3.05) is 0 Å². The van der Waals surface area contributed by atoms with Crippen LogP contribution in [0.5, 0.6) is 5.88 Å². The summed E-state index contributed by atoms with van der Waals surface area (Å²) in [5, 5.41) is 19.2. The number of H-pyrrole nitrogens is 1. The van der Waals surface area contributed by atoms with Crippen LogP contribution in [0.3, 0.4) is 0 Å². The summed E-state index contributed by atoms with van der Waals surface area (Å²) in [4.78, 5) is 0. The van der Waals surface area contributed by atoms with E-state index in [4.69, 9.17) is 4.74 Å². The molecule has 0 aliphatic carbocycles. The van der Waals surface area contributed by atoms with Crippen LogP contribution < -0.4 is 10.1 Å². The van der Waals surface area contributed by atoms with Crippen molar-refractivity contribution in [3.63, 3.8) is 0 Å². The zero-order chi connectivity index (χ0) is 19.8. The van der Waals surface area contributed by atoms with Gasteiger partial charge in [0.05, 0.1) is 11.9 Å². The summed E-state index contributed by atoms with van der Waals surface area (Å²) in [6, 6.07) is 12.1. The molecule has 0 spiro atoms. The number of benzene rings is 1. The molecule has 0 saturated carbocycles. The van der Waals surface area contributed by atoms with E-state index in [1.165, 1.54) is 0 Å². The summed E-state index contributed by atoms with van der Waals surface area (Å²) in [6.07, 6.45) is 5.69. The van der Waals surface area contributed by atoms with Gasteiger partial charge in [-0.15, -0.1) is 10.2 Å². The molecule has 4 rings (SSSR count). The normalized spacial score (nSPS) is 18.7. The van der Waals surface area contributed by atoms with Crippen LogP contribution >= 0.6 is 0 Å². The molecule has 6 heteroatoms. The fourth-order valence-electron chi connectivity index (χ4n) is 4.26. The molecular weight excluding hydrogens is 350 g/mol. The molecule has 6 nitrogen and oxygen atoms in total. The van der Waals surface area contributed by atoms with E-state index in [1.54, 1.807) is 0 Å². The summed E-state index contributed by atoms with van der Waals surface area (Å²) < 4.78 is 6.16. The van der Waals surface area contributed by atoms with Crippen molar-refractivity contribution in [3.05, 3.63) is 48.8 Å². The summed E-state index contributed by atoms with van der Waals surface area (Å²) in [5.74, 6) is 0.581. The van der Waals surface area contributed by atoms with Crippen molar-refractivity contribution < 1.29 is 4.74 Å². The van der Waals surface area contributed by atoms with Crippen molar-refractivity contribution in [1.82, 2.24) is 25.7 Å². The number of nitrogens with one attached hydrogen (secondary N) is 2. The van der Waals surface area contributed by atoms with Crippen LogP contribution in [0.2, 0.25) is 0 Å². The summed E-state index contributed by atoms with van der Waals surface area (Å²) in [6.45, 7) is 8.86. The molecule has 1 aromatic carbocycles. The molecule has 2 N–H and O–H groups in total. The first-order valence-electron chi connectivity index (χ1n) is 9.69. The van der Waals surface area contributed by atoms with E-state index in [2.05, 4.69) is 65.5 Å². The Morgan fingerprint density at radius 1 is 0.857 bits per heavy atom. The molecule has 1 aliphatic rings. The topological polar surface area (TPSA) is 75.7 Å². The summed E-state index contributed by atoms with van der Waals surface area (Å²) in [5.41, 5.74) is 4.11. The van der Waals surface area contributed by atoms with Crippen LogP contribution in [-0.4, -0.2) is 37.6 Å². The SMILES string of the molecule is CC1(C)CC(Oc2ccc(-c3ccc(-c4cn[nH]c4)cc3)nn2)CC(C)(C)N1. The first-order valence-corrected chi connectivity index (χ1v) is 9.69. The molecule has 2 aromatic heterocycles. The second-order valence-electron chi connectivity index (χ2n) is 8.86. The molecule has 0 unspecified atom stereocenters. The van der Waals surface area contributed by atoms with Crippen LogP contribution in [-0.2, 0) is 0 Å². The van der Waals surface area contributed by atoms with Gasteiger partial charge in [-0.25, -0.2) is 0 Å². The van der Waals surface area contributed by atoms with Gasteiger partial charge in [0.2, 0.25) is 5.88 Å². The molecule has 3 heterocycles. The van der Waals surface area contributed by atoms with Gasteiger partial charge in [-0.2, -0.15) is 5.10 Å². The Kier molecular flexibility index (Phi) is 4.67. The number of aromatic nitrogens is 4. The van der Waals surface area contributed by atoms with Gasteiger partial charge < -0.3 is 10.1 Å². The highest BCUT2D eigenvalue weighted by Crippen LogP contribution is 2.31. The monoisotopic (exact) mass is 377 g/mol. The molecule has 146 valence electrons. The van der Waals surface area contributed by atoms with Gasteiger partial charge in [-0.3, -0.25) is 5.10 Å². The van der Waals surface area contributed by atoms with E-state index in [1.807, 2.05) is 36.7 Å². The molecule has 1 aliphatic heterocycles. The lowest BCUT2D eigenvalue weighted by atomic mass is 9.81. The average molecular weight is 377 g/mol. The van der Waals surface area contributed by atoms with Crippen LogP contribution in [0.25, 0.3) is 22.4 Å². The highest BCUT2D eigenvalue weighted by Gasteiger charge is 2.38. The lowest BCUT2D eigenvalue weighted by molar-refractivity contribution is 0.0524. The predicted molar refractivity (Wildman–Crippen MR) is 110 cm³/mol. The predicted octanol–water partition coefficient (Wildman–Crippen LogP) is 4.22. The smallest absolute Gasteiger partial charge is 0.233 e. The van der Waals surface area contributed by atoms with Gasteiger partial charge in [-0.1, -0.05) is 24.3 Å². The molecule has 0 amide bonds. The van der Waals surface area contributed by atoms with E-state index in [0.717, 1.165) is 35.2 Å². The molecule has 0 radical (unpaired) electrons. The van der Waals surface area contributed by atoms with Crippen molar-refractivity contribution in [2.45, 2.75) is 57.7 Å². The quantitative estimate of drug-likeness (QED) is 0.712. The number of piperidine rings is 1. The first-order chi connectivity index (χ1) is 13.3. The second-order valence-corrected chi connectivity index (χ2v) is 8.86. The highest BCUT2D eigenvalue weighted by molar-refractivity contribution is 5.67. The van der Waals surface area contributed by atoms with E-state index >= 15 is 0 Å². The second kappa shape index (κ2) is 7.02. The highest BCUT2D eigenvalue weighted by atomic mass is 16.5. The fourth-order valence-corrected chi connectivity index (χ4v) is 4.26. The van der Waals surface area contributed by atoms with Crippen molar-refractivity contribution in [2.24, 2.45) is 0 Å². The standard InChI is InChI=1S/C22H27N5O/c1-21(2)11-18(12-22(3,4)27-21)28-20-10-9-19(25-26-20)16-7-5-15(6-8-16)17-13-23-24-14-17/h5-10,13-14,18,27H,11-12H2,1-4H3,(H,23,24). The molecule has 3 aromatic rings. The third kappa shape index (κ3) is 4.22. The Morgan fingerprint density at radius 2 is 1.54 bits per heavy atom. The third-order valence-corrected chi connectivity index (χ3v) is 5.09. The maximum atomic E-state index is 6.16. The van der Waals surface area contributed by atoms with Gasteiger partial charge in [-0.05, 0) is 39.3 Å². The van der Waals surface area contributed by atoms with Gasteiger partial charge in [0.15, 0.2) is 0 Å². The zero-order valence-electron chi connectivity index (χ0n) is 16.9. The van der Waals surface area contributed by atoms with E-state index in [0.29, 0.717) is 5.88 Å². The molecule has 0 atom stereocenters. The maximum Gasteiger partial charge on any atom is 0.233 e. The minimum Gasteiger partial charge on any atom is -0.473 e. The Bertz CT molecular complexity index is 899. The molecule has 1 saturated heterocycles. The van der Waals surface area contributed by atoms with Crippen molar-refractivity contribution in [1.29, 1.82) is 0 Å². The molecule has 1 fully saturated rings. The molecule has 0 bridgehead atoms. The van der Waals surface area contributed by atoms with Crippen molar-refractivity contribution in [3.8, 4) is 28.3 Å². The van der Waals surface area contributed by atoms with Crippen LogP contribution in [0, 0.1) is 0 Å². The van der Waals surface area contributed by atoms with E-state index in [-0.39, 0.29) is 17.2 Å². The zero-order valence-corrected chi connectivity index (χ0v) is 16.9. The number of nitrogens with zero attached hydrogens (tertiary/aromatic N) is 3. The Hall–Kier alpha value is -2.73. The lowest BCUT2D eigenvalue weighted by Gasteiger charge is -2.46. The minimum absolute atomic E-state index is 0.0382. The minimum atomic E-state index is 0.0382. The lowest BCUT2D eigenvalue weighted by Crippen LogP contribution is -2.60. The summed E-state index contributed by atoms with van der Waals surface area (Å²) in [7, 11) is 0. The number of aromatic amines is 1. The third-order valence-electron chi connectivity index (χ3n) is 5.09. The Balaban J connectivity index is 1.45. The van der Waals surface area contributed by atoms with Crippen LogP contribution in [0.4, 0.5) is 0 Å². The Morgan fingerprint density at radius 3 is 2.11 bits per heavy atom. The summed E-state index contributed by atoms with van der Waals surface area (Å²) >= 11 is 0. The Labute approximate surface area is 165 Å². The first kappa shape index (κ1) is 18.6. The van der Waals surface area contributed by atoms with Gasteiger partial charge in [0, 0.05) is 47.3 Å². The average Bonchev–Trinajstić information content (AvgIpc) is 3.14. The molecular formula is C22H27N5O. The van der Waals surface area contributed by atoms with Gasteiger partial charge >= 0.3 is 0 Å². The maximum absolute atomic E-state index is 6.16. The number of hydrogen-bond acceptors (Lipinski definition) is 5. The number of hydrogen-bond donors (Lipinski definition) is 2. The van der Waals surface area contributed by atoms with Gasteiger partial charge in [0.25, 0.3) is 0 Å². The fraction of sp³-hybridized carbons (Fsp3) is 0.409. The molecule has 28 heavy (non-hydrogen) atoms. The van der Waals surface area contributed by atoms with E-state index < -0.39 is 0 Å².